The molecule has 0 radical (unpaired) electrons. The van der Waals surface area contributed by atoms with E-state index in [1.807, 2.05) is 0 Å². The zero-order valence-electron chi connectivity index (χ0n) is 11.5. The van der Waals surface area contributed by atoms with Gasteiger partial charge in [0.1, 0.15) is 0 Å². The van der Waals surface area contributed by atoms with E-state index < -0.39 is 0 Å². The fourth-order valence-electron chi connectivity index (χ4n) is 4.36. The number of piperidine rings is 1. The Labute approximate surface area is 106 Å². The molecule has 5 atom stereocenters. The Morgan fingerprint density at radius 2 is 1.94 bits per heavy atom. The number of hydrogen-bond donors (Lipinski definition) is 1. The number of hydrogen-bond acceptors (Lipinski definition) is 2. The second kappa shape index (κ2) is 4.89. The van der Waals surface area contributed by atoms with Gasteiger partial charge in [0.05, 0.1) is 0 Å². The van der Waals surface area contributed by atoms with E-state index in [2.05, 4.69) is 24.1 Å². The minimum atomic E-state index is 0.813. The molecule has 3 fully saturated rings. The van der Waals surface area contributed by atoms with Gasteiger partial charge in [-0.1, -0.05) is 20.3 Å². The molecule has 3 aliphatic rings. The molecule has 98 valence electrons. The van der Waals surface area contributed by atoms with Crippen LogP contribution in [-0.4, -0.2) is 36.6 Å². The highest BCUT2D eigenvalue weighted by Gasteiger charge is 2.39. The van der Waals surface area contributed by atoms with Crippen molar-refractivity contribution in [1.29, 1.82) is 0 Å². The van der Waals surface area contributed by atoms with Crippen molar-refractivity contribution >= 4 is 0 Å². The Morgan fingerprint density at radius 3 is 2.76 bits per heavy atom. The summed E-state index contributed by atoms with van der Waals surface area (Å²) in [6, 6.07) is 1.69. The molecule has 0 amide bonds. The first-order valence-electron chi connectivity index (χ1n) is 7.71. The van der Waals surface area contributed by atoms with Crippen molar-refractivity contribution in [2.75, 3.05) is 19.6 Å². The van der Waals surface area contributed by atoms with Gasteiger partial charge in [-0.3, -0.25) is 4.90 Å². The molecule has 2 heterocycles. The Bertz CT molecular complexity index is 252. The maximum atomic E-state index is 3.73. The van der Waals surface area contributed by atoms with Gasteiger partial charge in [0.15, 0.2) is 0 Å². The second-order valence-corrected chi connectivity index (χ2v) is 6.88. The SMILES string of the molecule is CC1CCC(C)C(N2C[C@@H]3CCCN[C@@H]3C2)C1. The van der Waals surface area contributed by atoms with Crippen LogP contribution in [0.25, 0.3) is 0 Å². The smallest absolute Gasteiger partial charge is 0.0235 e. The van der Waals surface area contributed by atoms with E-state index in [0.717, 1.165) is 29.8 Å². The predicted molar refractivity (Wildman–Crippen MR) is 72.1 cm³/mol. The van der Waals surface area contributed by atoms with Gasteiger partial charge in [-0.2, -0.15) is 0 Å². The van der Waals surface area contributed by atoms with E-state index in [1.165, 1.54) is 51.7 Å². The van der Waals surface area contributed by atoms with Gasteiger partial charge in [-0.15, -0.1) is 0 Å². The summed E-state index contributed by atoms with van der Waals surface area (Å²) in [5.41, 5.74) is 0. The van der Waals surface area contributed by atoms with Gasteiger partial charge >= 0.3 is 0 Å². The van der Waals surface area contributed by atoms with Crippen molar-refractivity contribution in [2.24, 2.45) is 17.8 Å². The van der Waals surface area contributed by atoms with Crippen LogP contribution in [0.1, 0.15) is 46.0 Å². The van der Waals surface area contributed by atoms with Crippen LogP contribution in [0.2, 0.25) is 0 Å². The first kappa shape index (κ1) is 12.0. The van der Waals surface area contributed by atoms with E-state index >= 15 is 0 Å². The third kappa shape index (κ3) is 2.39. The van der Waals surface area contributed by atoms with Gasteiger partial charge in [-0.25, -0.2) is 0 Å². The molecule has 0 aromatic carbocycles. The lowest BCUT2D eigenvalue weighted by molar-refractivity contribution is 0.108. The van der Waals surface area contributed by atoms with Crippen LogP contribution in [0.4, 0.5) is 0 Å². The summed E-state index contributed by atoms with van der Waals surface area (Å²) >= 11 is 0. The summed E-state index contributed by atoms with van der Waals surface area (Å²) in [5, 5.41) is 3.73. The summed E-state index contributed by atoms with van der Waals surface area (Å²) in [4.78, 5) is 2.83. The molecule has 2 saturated heterocycles. The number of nitrogens with one attached hydrogen (secondary N) is 1. The molecular formula is C15H28N2. The summed E-state index contributed by atoms with van der Waals surface area (Å²) in [5.74, 6) is 2.83. The Balaban J connectivity index is 1.64. The summed E-state index contributed by atoms with van der Waals surface area (Å²) in [6.07, 6.45) is 7.21. The highest BCUT2D eigenvalue weighted by molar-refractivity contribution is 4.96. The molecule has 0 aromatic rings. The van der Waals surface area contributed by atoms with Crippen molar-refractivity contribution in [1.82, 2.24) is 10.2 Å². The Morgan fingerprint density at radius 1 is 1.06 bits per heavy atom. The molecule has 1 saturated carbocycles. The minimum Gasteiger partial charge on any atom is -0.312 e. The van der Waals surface area contributed by atoms with Crippen LogP contribution in [0.3, 0.4) is 0 Å². The normalized spacial score (nSPS) is 48.0. The largest absolute Gasteiger partial charge is 0.312 e. The number of likely N-dealkylation sites (tertiary alicyclic amines) is 1. The molecule has 2 nitrogen and oxygen atoms in total. The molecule has 0 bridgehead atoms. The molecule has 17 heavy (non-hydrogen) atoms. The van der Waals surface area contributed by atoms with E-state index in [9.17, 15) is 0 Å². The van der Waals surface area contributed by atoms with Crippen LogP contribution in [-0.2, 0) is 0 Å². The third-order valence-electron chi connectivity index (χ3n) is 5.51. The van der Waals surface area contributed by atoms with Crippen molar-refractivity contribution in [3.05, 3.63) is 0 Å². The monoisotopic (exact) mass is 236 g/mol. The van der Waals surface area contributed by atoms with Gasteiger partial charge < -0.3 is 5.32 Å². The molecule has 1 N–H and O–H groups in total. The first-order chi connectivity index (χ1) is 8.24. The maximum Gasteiger partial charge on any atom is 0.0235 e. The summed E-state index contributed by atoms with van der Waals surface area (Å²) in [6.45, 7) is 8.88. The van der Waals surface area contributed by atoms with Crippen LogP contribution in [0.15, 0.2) is 0 Å². The highest BCUT2D eigenvalue weighted by atomic mass is 15.2. The molecule has 3 unspecified atom stereocenters. The van der Waals surface area contributed by atoms with Crippen LogP contribution < -0.4 is 5.32 Å². The van der Waals surface area contributed by atoms with Crippen LogP contribution in [0.5, 0.6) is 0 Å². The average Bonchev–Trinajstić information content (AvgIpc) is 2.75. The Kier molecular flexibility index (Phi) is 3.45. The second-order valence-electron chi connectivity index (χ2n) is 6.88. The predicted octanol–water partition coefficient (Wildman–Crippen LogP) is 2.49. The lowest BCUT2D eigenvalue weighted by atomic mass is 9.79. The van der Waals surface area contributed by atoms with Gasteiger partial charge in [-0.05, 0) is 50.0 Å². The summed E-state index contributed by atoms with van der Waals surface area (Å²) in [7, 11) is 0. The highest BCUT2D eigenvalue weighted by Crippen LogP contribution is 2.36. The van der Waals surface area contributed by atoms with E-state index in [1.54, 1.807) is 0 Å². The zero-order chi connectivity index (χ0) is 11.8. The average molecular weight is 236 g/mol. The fraction of sp³-hybridized carbons (Fsp3) is 1.00. The molecule has 2 aliphatic heterocycles. The van der Waals surface area contributed by atoms with E-state index in [-0.39, 0.29) is 0 Å². The lowest BCUT2D eigenvalue weighted by Crippen LogP contribution is -2.44. The van der Waals surface area contributed by atoms with Gasteiger partial charge in [0, 0.05) is 25.2 Å². The van der Waals surface area contributed by atoms with Crippen molar-refractivity contribution in [3.8, 4) is 0 Å². The zero-order valence-corrected chi connectivity index (χ0v) is 11.5. The quantitative estimate of drug-likeness (QED) is 0.752. The molecule has 0 spiro atoms. The van der Waals surface area contributed by atoms with Crippen molar-refractivity contribution in [2.45, 2.75) is 58.0 Å². The van der Waals surface area contributed by atoms with Crippen molar-refractivity contribution < 1.29 is 0 Å². The minimum absolute atomic E-state index is 0.813. The topological polar surface area (TPSA) is 15.3 Å². The van der Waals surface area contributed by atoms with Gasteiger partial charge in [0.2, 0.25) is 0 Å². The van der Waals surface area contributed by atoms with E-state index in [0.29, 0.717) is 0 Å². The molecule has 3 rings (SSSR count). The molecule has 1 aliphatic carbocycles. The van der Waals surface area contributed by atoms with Crippen molar-refractivity contribution in [3.63, 3.8) is 0 Å². The number of rotatable bonds is 1. The van der Waals surface area contributed by atoms with Gasteiger partial charge in [0.25, 0.3) is 0 Å². The molecule has 0 aromatic heterocycles. The molecule has 2 heteroatoms. The standard InChI is InChI=1S/C15H28N2/c1-11-5-6-12(2)15(8-11)17-9-13-4-3-7-16-14(13)10-17/h11-16H,3-10H2,1-2H3/t11?,12?,13-,14+,15?/m0/s1. The maximum absolute atomic E-state index is 3.73. The Hall–Kier alpha value is -0.0800. The van der Waals surface area contributed by atoms with Crippen LogP contribution in [0, 0.1) is 17.8 Å². The first-order valence-corrected chi connectivity index (χ1v) is 7.71. The fourth-order valence-corrected chi connectivity index (χ4v) is 4.36. The van der Waals surface area contributed by atoms with Crippen LogP contribution >= 0.6 is 0 Å². The summed E-state index contributed by atoms with van der Waals surface area (Å²) < 4.78 is 0. The molecular weight excluding hydrogens is 208 g/mol. The third-order valence-corrected chi connectivity index (χ3v) is 5.51. The number of fused-ring (bicyclic) bond motifs is 1. The number of nitrogens with zero attached hydrogens (tertiary/aromatic N) is 1. The van der Waals surface area contributed by atoms with E-state index in [4.69, 9.17) is 0 Å². The lowest BCUT2D eigenvalue weighted by Gasteiger charge is -2.39.